The maximum atomic E-state index is 5.64. The largest absolute Gasteiger partial charge is 0.496 e. The quantitative estimate of drug-likeness (QED) is 0.932. The van der Waals surface area contributed by atoms with Crippen LogP contribution in [0.1, 0.15) is 17.0 Å². The number of ether oxygens (including phenoxy) is 1. The van der Waals surface area contributed by atoms with E-state index in [-0.39, 0.29) is 0 Å². The van der Waals surface area contributed by atoms with Crippen LogP contribution in [0.4, 0.5) is 0 Å². The number of benzene rings is 1. The molecule has 0 amide bonds. The highest BCUT2D eigenvalue weighted by Gasteiger charge is 2.19. The number of imidazole rings is 1. The highest BCUT2D eigenvalue weighted by Crippen LogP contribution is 2.37. The lowest BCUT2D eigenvalue weighted by Gasteiger charge is -2.11. The molecule has 0 atom stereocenters. The number of methoxy groups -OCH3 is 1. The number of nitrogens with two attached hydrogens (primary N) is 1. The number of halogens is 1. The first-order valence-electron chi connectivity index (χ1n) is 6.56. The molecule has 2 rings (SSSR count). The summed E-state index contributed by atoms with van der Waals surface area (Å²) in [6.07, 6.45) is 0.752. The van der Waals surface area contributed by atoms with Crippen molar-refractivity contribution in [2.45, 2.75) is 20.3 Å². The average molecular weight is 338 g/mol. The third-order valence-corrected chi connectivity index (χ3v) is 4.29. The lowest BCUT2D eigenvalue weighted by molar-refractivity contribution is 0.415. The minimum atomic E-state index is 0.584. The van der Waals surface area contributed by atoms with Crippen LogP contribution in [0.3, 0.4) is 0 Å². The van der Waals surface area contributed by atoms with Gasteiger partial charge in [0.2, 0.25) is 0 Å². The Labute approximate surface area is 128 Å². The minimum absolute atomic E-state index is 0.584. The first kappa shape index (κ1) is 15.1. The zero-order chi connectivity index (χ0) is 14.9. The van der Waals surface area contributed by atoms with E-state index >= 15 is 0 Å². The molecule has 1 aromatic carbocycles. The van der Waals surface area contributed by atoms with Crippen molar-refractivity contribution in [3.05, 3.63) is 33.7 Å². The Bertz CT molecular complexity index is 635. The average Bonchev–Trinajstić information content (AvgIpc) is 2.67. The van der Waals surface area contributed by atoms with E-state index in [2.05, 4.69) is 35.8 Å². The van der Waals surface area contributed by atoms with Crippen LogP contribution < -0.4 is 10.5 Å². The van der Waals surface area contributed by atoms with Crippen LogP contribution in [0.15, 0.2) is 16.7 Å². The second-order valence-electron chi connectivity index (χ2n) is 4.92. The van der Waals surface area contributed by atoms with Crippen LogP contribution in [0.2, 0.25) is 0 Å². The summed E-state index contributed by atoms with van der Waals surface area (Å²) in [4.78, 5) is 4.72. The second kappa shape index (κ2) is 5.97. The van der Waals surface area contributed by atoms with E-state index in [1.807, 2.05) is 17.7 Å². The van der Waals surface area contributed by atoms with E-state index in [1.165, 1.54) is 5.56 Å². The molecule has 0 fully saturated rings. The lowest BCUT2D eigenvalue weighted by Crippen LogP contribution is -2.07. The molecular weight excluding hydrogens is 318 g/mol. The molecule has 108 valence electrons. The van der Waals surface area contributed by atoms with Gasteiger partial charge >= 0.3 is 0 Å². The molecule has 20 heavy (non-hydrogen) atoms. The SMILES string of the molecule is COc1cc(C)cc(C)c1-c1nc(CCN)n(C)c1Br. The smallest absolute Gasteiger partial charge is 0.128 e. The molecule has 1 heterocycles. The molecule has 0 aliphatic carbocycles. The number of aromatic nitrogens is 2. The Morgan fingerprint density at radius 1 is 1.35 bits per heavy atom. The molecule has 5 heteroatoms. The van der Waals surface area contributed by atoms with Crippen molar-refractivity contribution in [3.63, 3.8) is 0 Å². The maximum absolute atomic E-state index is 5.64. The van der Waals surface area contributed by atoms with Gasteiger partial charge in [0.25, 0.3) is 0 Å². The van der Waals surface area contributed by atoms with Gasteiger partial charge in [0, 0.05) is 19.0 Å². The summed E-state index contributed by atoms with van der Waals surface area (Å²) in [5, 5.41) is 0. The molecule has 0 saturated heterocycles. The van der Waals surface area contributed by atoms with Crippen molar-refractivity contribution < 1.29 is 4.74 Å². The summed E-state index contributed by atoms with van der Waals surface area (Å²) in [6, 6.07) is 4.17. The molecule has 0 spiro atoms. The Morgan fingerprint density at radius 3 is 2.65 bits per heavy atom. The molecule has 4 nitrogen and oxygen atoms in total. The monoisotopic (exact) mass is 337 g/mol. The first-order chi connectivity index (χ1) is 9.49. The highest BCUT2D eigenvalue weighted by atomic mass is 79.9. The summed E-state index contributed by atoms with van der Waals surface area (Å²) in [7, 11) is 3.68. The van der Waals surface area contributed by atoms with Gasteiger partial charge in [-0.05, 0) is 53.5 Å². The van der Waals surface area contributed by atoms with E-state index in [0.29, 0.717) is 6.54 Å². The van der Waals surface area contributed by atoms with Crippen LogP contribution >= 0.6 is 15.9 Å². The number of nitrogens with zero attached hydrogens (tertiary/aromatic N) is 2. The Balaban J connectivity index is 2.65. The highest BCUT2D eigenvalue weighted by molar-refractivity contribution is 9.10. The number of rotatable bonds is 4. The minimum Gasteiger partial charge on any atom is -0.496 e. The van der Waals surface area contributed by atoms with Gasteiger partial charge in [0.1, 0.15) is 21.9 Å². The van der Waals surface area contributed by atoms with Crippen LogP contribution in [0.5, 0.6) is 5.75 Å². The van der Waals surface area contributed by atoms with Gasteiger partial charge in [0.05, 0.1) is 7.11 Å². The van der Waals surface area contributed by atoms with Crippen molar-refractivity contribution >= 4 is 15.9 Å². The van der Waals surface area contributed by atoms with Crippen molar-refractivity contribution in [2.24, 2.45) is 12.8 Å². The molecule has 0 radical (unpaired) electrons. The molecule has 0 bridgehead atoms. The number of hydrogen-bond acceptors (Lipinski definition) is 3. The molecule has 1 aromatic heterocycles. The Hall–Kier alpha value is -1.33. The Kier molecular flexibility index (Phi) is 4.50. The molecule has 0 saturated carbocycles. The fourth-order valence-electron chi connectivity index (χ4n) is 2.43. The van der Waals surface area contributed by atoms with Gasteiger partial charge in [-0.1, -0.05) is 6.07 Å². The fraction of sp³-hybridized carbons (Fsp3) is 0.400. The van der Waals surface area contributed by atoms with Crippen LogP contribution in [0.25, 0.3) is 11.3 Å². The summed E-state index contributed by atoms with van der Waals surface area (Å²) in [5.41, 5.74) is 9.91. The predicted molar refractivity (Wildman–Crippen MR) is 85.1 cm³/mol. The van der Waals surface area contributed by atoms with Gasteiger partial charge in [-0.25, -0.2) is 4.98 Å². The summed E-state index contributed by atoms with van der Waals surface area (Å²) in [5.74, 6) is 1.82. The molecule has 0 aliphatic heterocycles. The number of aryl methyl sites for hydroxylation is 2. The summed E-state index contributed by atoms with van der Waals surface area (Å²) < 4.78 is 8.51. The van der Waals surface area contributed by atoms with Gasteiger partial charge in [-0.2, -0.15) is 0 Å². The molecule has 0 unspecified atom stereocenters. The maximum Gasteiger partial charge on any atom is 0.128 e. The molecule has 0 aliphatic rings. The third kappa shape index (κ3) is 2.60. The van der Waals surface area contributed by atoms with E-state index in [9.17, 15) is 0 Å². The normalized spacial score (nSPS) is 10.9. The van der Waals surface area contributed by atoms with Crippen LogP contribution in [0, 0.1) is 13.8 Å². The van der Waals surface area contributed by atoms with Crippen molar-refractivity contribution in [1.82, 2.24) is 9.55 Å². The lowest BCUT2D eigenvalue weighted by atomic mass is 10.0. The van der Waals surface area contributed by atoms with Crippen molar-refractivity contribution in [2.75, 3.05) is 13.7 Å². The first-order valence-corrected chi connectivity index (χ1v) is 7.35. The van der Waals surface area contributed by atoms with E-state index in [1.54, 1.807) is 7.11 Å². The van der Waals surface area contributed by atoms with E-state index in [0.717, 1.165) is 39.4 Å². The van der Waals surface area contributed by atoms with Crippen molar-refractivity contribution in [3.8, 4) is 17.0 Å². The number of hydrogen-bond donors (Lipinski definition) is 1. The standard InChI is InChI=1S/C15H20BrN3O/c1-9-7-10(2)13(11(8-9)20-4)14-15(16)19(3)12(18-14)5-6-17/h7-8H,5-6,17H2,1-4H3. The summed E-state index contributed by atoms with van der Waals surface area (Å²) >= 11 is 3.63. The second-order valence-corrected chi connectivity index (χ2v) is 5.68. The van der Waals surface area contributed by atoms with Crippen LogP contribution in [-0.4, -0.2) is 23.2 Å². The van der Waals surface area contributed by atoms with Crippen LogP contribution in [-0.2, 0) is 13.5 Å². The van der Waals surface area contributed by atoms with Gasteiger partial charge < -0.3 is 15.0 Å². The zero-order valence-electron chi connectivity index (χ0n) is 12.3. The van der Waals surface area contributed by atoms with Gasteiger partial charge in [-0.3, -0.25) is 0 Å². The molecule has 2 aromatic rings. The zero-order valence-corrected chi connectivity index (χ0v) is 13.9. The molecule has 2 N–H and O–H groups in total. The topological polar surface area (TPSA) is 53.1 Å². The predicted octanol–water partition coefficient (Wildman–Crippen LogP) is 2.98. The van der Waals surface area contributed by atoms with Crippen molar-refractivity contribution in [1.29, 1.82) is 0 Å². The van der Waals surface area contributed by atoms with Gasteiger partial charge in [0.15, 0.2) is 0 Å². The van der Waals surface area contributed by atoms with E-state index in [4.69, 9.17) is 15.5 Å². The summed E-state index contributed by atoms with van der Waals surface area (Å²) in [6.45, 7) is 4.72. The van der Waals surface area contributed by atoms with Gasteiger partial charge in [-0.15, -0.1) is 0 Å². The van der Waals surface area contributed by atoms with E-state index < -0.39 is 0 Å². The molecular formula is C15H20BrN3O. The Morgan fingerprint density at radius 2 is 2.05 bits per heavy atom. The fourth-order valence-corrected chi connectivity index (χ4v) is 2.92. The third-order valence-electron chi connectivity index (χ3n) is 3.39.